The number of benzene rings is 1. The first-order valence-corrected chi connectivity index (χ1v) is 7.49. The molecule has 0 unspecified atom stereocenters. The fraction of sp³-hybridized carbons (Fsp3) is 0.333. The molecule has 1 aromatic heterocycles. The maximum Gasteiger partial charge on any atom is 0.227 e. The molecule has 0 saturated carbocycles. The number of nitrogens with zero attached hydrogens (tertiary/aromatic N) is 2. The van der Waals surface area contributed by atoms with E-state index in [0.717, 1.165) is 24.3 Å². The Labute approximate surface area is 134 Å². The molecule has 4 nitrogen and oxygen atoms in total. The Hall–Kier alpha value is -1.52. The van der Waals surface area contributed by atoms with Gasteiger partial charge in [-0.05, 0) is 32.4 Å². The molecule has 0 atom stereocenters. The molecular weight excluding hydrogens is 309 g/mol. The van der Waals surface area contributed by atoms with Gasteiger partial charge in [0, 0.05) is 6.54 Å². The summed E-state index contributed by atoms with van der Waals surface area (Å²) < 4.78 is 5.81. The monoisotopic (exact) mass is 325 g/mol. The van der Waals surface area contributed by atoms with Gasteiger partial charge in [0.2, 0.25) is 5.88 Å². The van der Waals surface area contributed by atoms with Crippen molar-refractivity contribution in [2.75, 3.05) is 11.9 Å². The smallest absolute Gasteiger partial charge is 0.227 e. The standard InChI is InChI=1S/C15H17Cl2N3O/c1-4-8-18-14-9(2)15(20-10(3)19-14)21-12-7-5-6-11(16)13(12)17/h5-7H,4,8H2,1-3H3,(H,18,19,20). The minimum Gasteiger partial charge on any atom is -0.437 e. The van der Waals surface area contributed by atoms with Crippen molar-refractivity contribution in [2.24, 2.45) is 0 Å². The van der Waals surface area contributed by atoms with Crippen LogP contribution in [0.25, 0.3) is 0 Å². The molecule has 112 valence electrons. The van der Waals surface area contributed by atoms with Crippen LogP contribution in [0, 0.1) is 13.8 Å². The Kier molecular flexibility index (Phi) is 5.26. The molecule has 0 bridgehead atoms. The molecular formula is C15H17Cl2N3O. The van der Waals surface area contributed by atoms with Crippen LogP contribution in [-0.2, 0) is 0 Å². The third-order valence-electron chi connectivity index (χ3n) is 2.88. The van der Waals surface area contributed by atoms with Gasteiger partial charge in [-0.15, -0.1) is 0 Å². The number of halogens is 2. The predicted molar refractivity (Wildman–Crippen MR) is 86.8 cm³/mol. The maximum atomic E-state index is 6.14. The first-order chi connectivity index (χ1) is 10.0. The van der Waals surface area contributed by atoms with Crippen LogP contribution in [0.3, 0.4) is 0 Å². The normalized spacial score (nSPS) is 10.5. The summed E-state index contributed by atoms with van der Waals surface area (Å²) in [4.78, 5) is 8.72. The van der Waals surface area contributed by atoms with Gasteiger partial charge in [-0.25, -0.2) is 4.98 Å². The number of hydrogen-bond acceptors (Lipinski definition) is 4. The minimum absolute atomic E-state index is 0.373. The van der Waals surface area contributed by atoms with Gasteiger partial charge in [-0.2, -0.15) is 4.98 Å². The van der Waals surface area contributed by atoms with Gasteiger partial charge in [0.1, 0.15) is 22.4 Å². The molecule has 2 rings (SSSR count). The fourth-order valence-electron chi connectivity index (χ4n) is 1.78. The van der Waals surface area contributed by atoms with Crippen LogP contribution in [0.2, 0.25) is 10.0 Å². The second-order valence-electron chi connectivity index (χ2n) is 4.63. The Morgan fingerprint density at radius 1 is 1.19 bits per heavy atom. The lowest BCUT2D eigenvalue weighted by Gasteiger charge is -2.14. The Bertz CT molecular complexity index is 647. The average molecular weight is 326 g/mol. The molecule has 0 spiro atoms. The van der Waals surface area contributed by atoms with Crippen molar-refractivity contribution < 1.29 is 4.74 Å². The molecule has 0 aliphatic heterocycles. The number of ether oxygens (including phenoxy) is 1. The van der Waals surface area contributed by atoms with Gasteiger partial charge in [-0.1, -0.05) is 36.2 Å². The van der Waals surface area contributed by atoms with E-state index in [-0.39, 0.29) is 0 Å². The van der Waals surface area contributed by atoms with Crippen molar-refractivity contribution in [1.29, 1.82) is 0 Å². The highest BCUT2D eigenvalue weighted by atomic mass is 35.5. The van der Waals surface area contributed by atoms with Crippen molar-refractivity contribution in [3.05, 3.63) is 39.6 Å². The molecule has 6 heteroatoms. The van der Waals surface area contributed by atoms with Crippen molar-refractivity contribution in [3.63, 3.8) is 0 Å². The van der Waals surface area contributed by atoms with Crippen LogP contribution < -0.4 is 10.1 Å². The number of rotatable bonds is 5. The lowest BCUT2D eigenvalue weighted by atomic mass is 10.3. The summed E-state index contributed by atoms with van der Waals surface area (Å²) in [7, 11) is 0. The van der Waals surface area contributed by atoms with E-state index < -0.39 is 0 Å². The first kappa shape index (κ1) is 15.9. The van der Waals surface area contributed by atoms with Crippen molar-refractivity contribution in [1.82, 2.24) is 9.97 Å². The van der Waals surface area contributed by atoms with Gasteiger partial charge in [0.25, 0.3) is 0 Å². The molecule has 0 aliphatic rings. The number of nitrogens with one attached hydrogen (secondary N) is 1. The Morgan fingerprint density at radius 3 is 2.67 bits per heavy atom. The summed E-state index contributed by atoms with van der Waals surface area (Å²) in [5, 5.41) is 4.08. The second-order valence-corrected chi connectivity index (χ2v) is 5.42. The topological polar surface area (TPSA) is 47.0 Å². The summed E-state index contributed by atoms with van der Waals surface area (Å²) in [5.74, 6) is 2.36. The number of aryl methyl sites for hydroxylation is 1. The quantitative estimate of drug-likeness (QED) is 0.838. The fourth-order valence-corrected chi connectivity index (χ4v) is 2.12. The van der Waals surface area contributed by atoms with E-state index in [9.17, 15) is 0 Å². The molecule has 0 saturated heterocycles. The van der Waals surface area contributed by atoms with Gasteiger partial charge < -0.3 is 10.1 Å². The maximum absolute atomic E-state index is 6.14. The largest absolute Gasteiger partial charge is 0.437 e. The van der Waals surface area contributed by atoms with Crippen LogP contribution in [0.1, 0.15) is 24.7 Å². The van der Waals surface area contributed by atoms with Crippen LogP contribution in [0.5, 0.6) is 11.6 Å². The van der Waals surface area contributed by atoms with E-state index in [1.165, 1.54) is 0 Å². The van der Waals surface area contributed by atoms with E-state index in [1.807, 2.05) is 13.8 Å². The summed E-state index contributed by atoms with van der Waals surface area (Å²) >= 11 is 12.1. The van der Waals surface area contributed by atoms with Crippen LogP contribution >= 0.6 is 23.2 Å². The van der Waals surface area contributed by atoms with Crippen LogP contribution in [-0.4, -0.2) is 16.5 Å². The second kappa shape index (κ2) is 6.96. The molecule has 0 fully saturated rings. The average Bonchev–Trinajstić information content (AvgIpc) is 2.45. The lowest BCUT2D eigenvalue weighted by molar-refractivity contribution is 0.456. The Morgan fingerprint density at radius 2 is 1.95 bits per heavy atom. The Balaban J connectivity index is 2.35. The summed E-state index contributed by atoms with van der Waals surface area (Å²) in [6.45, 7) is 6.67. The summed E-state index contributed by atoms with van der Waals surface area (Å²) in [6.07, 6.45) is 1.01. The van der Waals surface area contributed by atoms with Crippen LogP contribution in [0.4, 0.5) is 5.82 Å². The molecule has 1 heterocycles. The van der Waals surface area contributed by atoms with E-state index >= 15 is 0 Å². The van der Waals surface area contributed by atoms with Gasteiger partial charge >= 0.3 is 0 Å². The van der Waals surface area contributed by atoms with E-state index in [0.29, 0.717) is 27.5 Å². The first-order valence-electron chi connectivity index (χ1n) is 6.74. The van der Waals surface area contributed by atoms with Crippen molar-refractivity contribution in [2.45, 2.75) is 27.2 Å². The van der Waals surface area contributed by atoms with Crippen LogP contribution in [0.15, 0.2) is 18.2 Å². The van der Waals surface area contributed by atoms with Gasteiger partial charge in [-0.3, -0.25) is 0 Å². The molecule has 0 radical (unpaired) electrons. The van der Waals surface area contributed by atoms with E-state index in [2.05, 4.69) is 22.2 Å². The zero-order chi connectivity index (χ0) is 15.4. The van der Waals surface area contributed by atoms with Gasteiger partial charge in [0.15, 0.2) is 0 Å². The lowest BCUT2D eigenvalue weighted by Crippen LogP contribution is -2.07. The summed E-state index contributed by atoms with van der Waals surface area (Å²) in [6, 6.07) is 5.25. The molecule has 21 heavy (non-hydrogen) atoms. The minimum atomic E-state index is 0.373. The van der Waals surface area contributed by atoms with Gasteiger partial charge in [0.05, 0.1) is 10.6 Å². The molecule has 2 aromatic rings. The van der Waals surface area contributed by atoms with Crippen molar-refractivity contribution >= 4 is 29.0 Å². The number of aromatic nitrogens is 2. The number of anilines is 1. The zero-order valence-corrected chi connectivity index (χ0v) is 13.7. The SMILES string of the molecule is CCCNc1nc(C)nc(Oc2cccc(Cl)c2Cl)c1C. The highest BCUT2D eigenvalue weighted by Crippen LogP contribution is 2.35. The van der Waals surface area contributed by atoms with Crippen molar-refractivity contribution in [3.8, 4) is 11.6 Å². The number of hydrogen-bond donors (Lipinski definition) is 1. The highest BCUT2D eigenvalue weighted by molar-refractivity contribution is 6.42. The van der Waals surface area contributed by atoms with E-state index in [1.54, 1.807) is 18.2 Å². The summed E-state index contributed by atoms with van der Waals surface area (Å²) in [5.41, 5.74) is 0.838. The zero-order valence-electron chi connectivity index (χ0n) is 12.2. The van der Waals surface area contributed by atoms with E-state index in [4.69, 9.17) is 27.9 Å². The highest BCUT2D eigenvalue weighted by Gasteiger charge is 2.13. The molecule has 1 aromatic carbocycles. The predicted octanol–water partition coefficient (Wildman–Crippen LogP) is 5.01. The third kappa shape index (κ3) is 3.77. The molecule has 1 N–H and O–H groups in total. The molecule has 0 aliphatic carbocycles. The molecule has 0 amide bonds. The third-order valence-corrected chi connectivity index (χ3v) is 3.68.